The van der Waals surface area contributed by atoms with Gasteiger partial charge in [0.05, 0.1) is 12.1 Å². The molecule has 0 N–H and O–H groups in total. The van der Waals surface area contributed by atoms with Gasteiger partial charge in [0.1, 0.15) is 17.2 Å². The van der Waals surface area contributed by atoms with E-state index in [1.54, 1.807) is 12.3 Å². The highest BCUT2D eigenvalue weighted by Crippen LogP contribution is 2.38. The minimum atomic E-state index is -2.80. The lowest BCUT2D eigenvalue weighted by molar-refractivity contribution is 0.0660. The number of nitrogens with zero attached hydrogens (tertiary/aromatic N) is 6. The van der Waals surface area contributed by atoms with E-state index in [0.717, 1.165) is 18.4 Å². The Morgan fingerprint density at radius 1 is 1.05 bits per heavy atom. The summed E-state index contributed by atoms with van der Waals surface area (Å²) >= 11 is 0. The average Bonchev–Trinajstić information content (AvgIpc) is 3.61. The molecule has 0 aliphatic carbocycles. The summed E-state index contributed by atoms with van der Waals surface area (Å²) in [5.41, 5.74) is 2.95. The topological polar surface area (TPSA) is 91.3 Å². The van der Waals surface area contributed by atoms with Crippen molar-refractivity contribution in [2.45, 2.75) is 50.8 Å². The molecule has 0 bridgehead atoms. The standard InChI is InChI=1S/C27H26F2N6O3/c1-15-13-17(37-27-33-24-19(6-4-10-30-24)35(27)16-8-11-36-12-9-16)14-34(15)26-22-21(31-25(32-26)23(28)29)18-5-2-3-7-20(18)38-22/h2-7,10,15-17,23H,8-9,11-14H2,1H3/t15-,17+/m1/s1. The third-order valence-corrected chi connectivity index (χ3v) is 7.48. The normalized spacial score (nSPS) is 20.9. The van der Waals surface area contributed by atoms with Gasteiger partial charge in [0.15, 0.2) is 22.9 Å². The van der Waals surface area contributed by atoms with Gasteiger partial charge in [-0.2, -0.15) is 4.98 Å². The van der Waals surface area contributed by atoms with E-state index in [9.17, 15) is 8.78 Å². The Bertz CT molecular complexity index is 1630. The first-order chi connectivity index (χ1) is 18.6. The molecule has 7 rings (SSSR count). The summed E-state index contributed by atoms with van der Waals surface area (Å²) in [6, 6.07) is 11.9. The van der Waals surface area contributed by atoms with Crippen LogP contribution in [0.15, 0.2) is 47.0 Å². The first kappa shape index (κ1) is 23.3. The molecule has 196 valence electrons. The summed E-state index contributed by atoms with van der Waals surface area (Å²) in [7, 11) is 0. The number of para-hydroxylation sites is 1. The molecule has 2 atom stereocenters. The number of hydrogen-bond donors (Lipinski definition) is 0. The number of furan rings is 1. The van der Waals surface area contributed by atoms with E-state index in [1.807, 2.05) is 42.2 Å². The molecule has 9 nitrogen and oxygen atoms in total. The molecule has 2 saturated heterocycles. The molecule has 2 aliphatic heterocycles. The third kappa shape index (κ3) is 3.84. The number of hydrogen-bond acceptors (Lipinski definition) is 8. The lowest BCUT2D eigenvalue weighted by Gasteiger charge is -2.26. The first-order valence-electron chi connectivity index (χ1n) is 12.9. The molecule has 38 heavy (non-hydrogen) atoms. The number of benzene rings is 1. The quantitative estimate of drug-likeness (QED) is 0.302. The Hall–Kier alpha value is -3.86. The van der Waals surface area contributed by atoms with Crippen LogP contribution >= 0.6 is 0 Å². The SMILES string of the molecule is C[C@@H]1C[C@H](Oc2nc3ncccc3n2C2CCOCC2)CN1c1nc(C(F)F)nc2c1oc1ccccc12. The van der Waals surface area contributed by atoms with Crippen molar-refractivity contribution in [1.82, 2.24) is 24.5 Å². The second-order valence-corrected chi connectivity index (χ2v) is 9.91. The molecule has 1 aromatic carbocycles. The Morgan fingerprint density at radius 3 is 2.74 bits per heavy atom. The summed E-state index contributed by atoms with van der Waals surface area (Å²) in [6.45, 7) is 3.85. The van der Waals surface area contributed by atoms with Gasteiger partial charge in [-0.05, 0) is 44.0 Å². The number of pyridine rings is 1. The zero-order chi connectivity index (χ0) is 25.8. The third-order valence-electron chi connectivity index (χ3n) is 7.48. The number of alkyl halides is 2. The average molecular weight is 521 g/mol. The van der Waals surface area contributed by atoms with Gasteiger partial charge in [0.25, 0.3) is 12.4 Å². The molecule has 2 fully saturated rings. The van der Waals surface area contributed by atoms with Crippen molar-refractivity contribution in [3.8, 4) is 6.01 Å². The van der Waals surface area contributed by atoms with Crippen molar-refractivity contribution in [1.29, 1.82) is 0 Å². The number of ether oxygens (including phenoxy) is 2. The lowest BCUT2D eigenvalue weighted by Crippen LogP contribution is -2.30. The summed E-state index contributed by atoms with van der Waals surface area (Å²) < 4.78 is 48.0. The Morgan fingerprint density at radius 2 is 1.89 bits per heavy atom. The minimum Gasteiger partial charge on any atom is -0.459 e. The Kier molecular flexibility index (Phi) is 5.61. The van der Waals surface area contributed by atoms with E-state index in [2.05, 4.69) is 19.5 Å². The summed E-state index contributed by atoms with van der Waals surface area (Å²) in [4.78, 5) is 19.5. The van der Waals surface area contributed by atoms with E-state index in [4.69, 9.17) is 18.9 Å². The molecule has 0 saturated carbocycles. The fraction of sp³-hybridized carbons (Fsp3) is 0.407. The molecule has 0 radical (unpaired) electrons. The van der Waals surface area contributed by atoms with Crippen LogP contribution in [0.3, 0.4) is 0 Å². The van der Waals surface area contributed by atoms with E-state index in [-0.39, 0.29) is 18.2 Å². The van der Waals surface area contributed by atoms with Crippen LogP contribution in [0.25, 0.3) is 33.2 Å². The van der Waals surface area contributed by atoms with Gasteiger partial charge in [0.2, 0.25) is 0 Å². The fourth-order valence-corrected chi connectivity index (χ4v) is 5.69. The van der Waals surface area contributed by atoms with Gasteiger partial charge < -0.3 is 18.8 Å². The summed E-state index contributed by atoms with van der Waals surface area (Å²) in [5, 5.41) is 0.686. The van der Waals surface area contributed by atoms with Crippen molar-refractivity contribution in [3.05, 3.63) is 48.4 Å². The lowest BCUT2D eigenvalue weighted by atomic mass is 10.1. The molecule has 2 aliphatic rings. The fourth-order valence-electron chi connectivity index (χ4n) is 5.69. The van der Waals surface area contributed by atoms with Gasteiger partial charge in [0, 0.05) is 43.3 Å². The minimum absolute atomic E-state index is 0.0316. The Balaban J connectivity index is 1.25. The first-order valence-corrected chi connectivity index (χ1v) is 12.9. The molecule has 5 aromatic rings. The number of imidazole rings is 1. The largest absolute Gasteiger partial charge is 0.459 e. The van der Waals surface area contributed by atoms with Crippen LogP contribution in [0.4, 0.5) is 14.6 Å². The number of anilines is 1. The zero-order valence-corrected chi connectivity index (χ0v) is 20.8. The van der Waals surface area contributed by atoms with E-state index >= 15 is 0 Å². The van der Waals surface area contributed by atoms with Gasteiger partial charge in [-0.3, -0.25) is 4.57 Å². The van der Waals surface area contributed by atoms with E-state index < -0.39 is 12.2 Å². The number of aromatic nitrogens is 5. The highest BCUT2D eigenvalue weighted by atomic mass is 19.3. The van der Waals surface area contributed by atoms with Crippen LogP contribution < -0.4 is 9.64 Å². The van der Waals surface area contributed by atoms with Crippen molar-refractivity contribution in [2.75, 3.05) is 24.7 Å². The van der Waals surface area contributed by atoms with Gasteiger partial charge in [-0.1, -0.05) is 12.1 Å². The van der Waals surface area contributed by atoms with Gasteiger partial charge in [-0.25, -0.2) is 23.7 Å². The van der Waals surface area contributed by atoms with Gasteiger partial charge in [-0.15, -0.1) is 0 Å². The second kappa shape index (κ2) is 9.16. The van der Waals surface area contributed by atoms with Crippen LogP contribution in [0.2, 0.25) is 0 Å². The van der Waals surface area contributed by atoms with E-state index in [0.29, 0.717) is 65.7 Å². The monoisotopic (exact) mass is 520 g/mol. The molecular weight excluding hydrogens is 494 g/mol. The highest BCUT2D eigenvalue weighted by molar-refractivity contribution is 6.05. The smallest absolute Gasteiger partial charge is 0.299 e. The van der Waals surface area contributed by atoms with Gasteiger partial charge >= 0.3 is 0 Å². The van der Waals surface area contributed by atoms with Crippen molar-refractivity contribution < 1.29 is 22.7 Å². The molecule has 0 amide bonds. The summed E-state index contributed by atoms with van der Waals surface area (Å²) in [5.74, 6) is -0.150. The Labute approximate surface area is 216 Å². The zero-order valence-electron chi connectivity index (χ0n) is 20.8. The molecule has 4 aromatic heterocycles. The molecule has 0 spiro atoms. The predicted octanol–water partition coefficient (Wildman–Crippen LogP) is 5.46. The second-order valence-electron chi connectivity index (χ2n) is 9.91. The highest BCUT2D eigenvalue weighted by Gasteiger charge is 2.36. The number of fused-ring (bicyclic) bond motifs is 4. The summed E-state index contributed by atoms with van der Waals surface area (Å²) in [6.07, 6.45) is 1.09. The molecule has 6 heterocycles. The molecule has 0 unspecified atom stereocenters. The number of rotatable bonds is 5. The van der Waals surface area contributed by atoms with Crippen LogP contribution in [0, 0.1) is 0 Å². The maximum Gasteiger partial charge on any atom is 0.299 e. The maximum atomic E-state index is 13.8. The molecular formula is C27H26F2N6O3. The van der Waals surface area contributed by atoms with Crippen molar-refractivity contribution in [2.24, 2.45) is 0 Å². The van der Waals surface area contributed by atoms with Crippen molar-refractivity contribution >= 4 is 39.1 Å². The predicted molar refractivity (Wildman–Crippen MR) is 137 cm³/mol. The molecule has 11 heteroatoms. The van der Waals surface area contributed by atoms with Crippen LogP contribution in [0.1, 0.15) is 44.5 Å². The van der Waals surface area contributed by atoms with Crippen molar-refractivity contribution in [3.63, 3.8) is 0 Å². The number of halogens is 2. The van der Waals surface area contributed by atoms with Crippen LogP contribution in [-0.4, -0.2) is 56.4 Å². The maximum absolute atomic E-state index is 13.8. The van der Waals surface area contributed by atoms with E-state index in [1.165, 1.54) is 0 Å². The van der Waals surface area contributed by atoms with Crippen LogP contribution in [0.5, 0.6) is 6.01 Å². The van der Waals surface area contributed by atoms with Crippen LogP contribution in [-0.2, 0) is 4.74 Å².